The predicted molar refractivity (Wildman–Crippen MR) is 73.7 cm³/mol. The highest BCUT2D eigenvalue weighted by Crippen LogP contribution is 2.34. The third-order valence-electron chi connectivity index (χ3n) is 3.77. The maximum Gasteiger partial charge on any atom is 0.435 e. The van der Waals surface area contributed by atoms with Crippen LogP contribution >= 0.6 is 11.6 Å². The smallest absolute Gasteiger partial charge is 0.351 e. The lowest BCUT2D eigenvalue weighted by Crippen LogP contribution is -2.42. The van der Waals surface area contributed by atoms with Gasteiger partial charge in [-0.25, -0.2) is 9.50 Å². The highest BCUT2D eigenvalue weighted by atomic mass is 35.5. The van der Waals surface area contributed by atoms with E-state index < -0.39 is 11.9 Å². The van der Waals surface area contributed by atoms with E-state index in [1.165, 1.54) is 16.9 Å². The first-order valence-corrected chi connectivity index (χ1v) is 7.28. The van der Waals surface area contributed by atoms with Gasteiger partial charge in [-0.05, 0) is 19.3 Å². The lowest BCUT2D eigenvalue weighted by molar-refractivity contribution is -0.141. The van der Waals surface area contributed by atoms with E-state index >= 15 is 0 Å². The van der Waals surface area contributed by atoms with Crippen molar-refractivity contribution in [3.63, 3.8) is 0 Å². The molecule has 0 bridgehead atoms. The van der Waals surface area contributed by atoms with Crippen molar-refractivity contribution in [2.24, 2.45) is 0 Å². The Hall–Kier alpha value is -1.50. The second kappa shape index (κ2) is 5.36. The Labute approximate surface area is 124 Å². The van der Waals surface area contributed by atoms with Crippen LogP contribution in [0.15, 0.2) is 18.5 Å². The molecule has 1 aliphatic rings. The SMILES string of the molecule is FC(F)(F)c1cc2c(N(CCCl)C3CCC3)nccn2n1. The maximum absolute atomic E-state index is 12.8. The maximum atomic E-state index is 12.8. The summed E-state index contributed by atoms with van der Waals surface area (Å²) in [7, 11) is 0. The quantitative estimate of drug-likeness (QED) is 0.811. The average molecular weight is 319 g/mol. The monoisotopic (exact) mass is 318 g/mol. The van der Waals surface area contributed by atoms with Gasteiger partial charge in [-0.15, -0.1) is 11.6 Å². The average Bonchev–Trinajstić information content (AvgIpc) is 2.79. The van der Waals surface area contributed by atoms with Crippen molar-refractivity contribution in [3.8, 4) is 0 Å². The van der Waals surface area contributed by atoms with Gasteiger partial charge in [-0.2, -0.15) is 18.3 Å². The molecule has 0 spiro atoms. The van der Waals surface area contributed by atoms with Crippen LogP contribution in [0.4, 0.5) is 19.0 Å². The van der Waals surface area contributed by atoms with E-state index in [1.54, 1.807) is 0 Å². The Morgan fingerprint density at radius 1 is 1.38 bits per heavy atom. The molecule has 0 aliphatic heterocycles. The fraction of sp³-hybridized carbons (Fsp3) is 0.538. The van der Waals surface area contributed by atoms with Crippen molar-refractivity contribution in [3.05, 3.63) is 24.2 Å². The van der Waals surface area contributed by atoms with Gasteiger partial charge in [0.15, 0.2) is 11.5 Å². The molecule has 0 atom stereocenters. The second-order valence-corrected chi connectivity index (χ2v) is 5.45. The van der Waals surface area contributed by atoms with Crippen LogP contribution in [0.5, 0.6) is 0 Å². The van der Waals surface area contributed by atoms with Gasteiger partial charge in [-0.1, -0.05) is 0 Å². The number of anilines is 1. The van der Waals surface area contributed by atoms with Crippen LogP contribution in [0.3, 0.4) is 0 Å². The van der Waals surface area contributed by atoms with Crippen molar-refractivity contribution < 1.29 is 13.2 Å². The minimum atomic E-state index is -4.46. The van der Waals surface area contributed by atoms with Gasteiger partial charge < -0.3 is 4.90 Å². The number of rotatable bonds is 4. The van der Waals surface area contributed by atoms with Crippen molar-refractivity contribution in [1.82, 2.24) is 14.6 Å². The molecule has 0 saturated heterocycles. The van der Waals surface area contributed by atoms with Crippen molar-refractivity contribution >= 4 is 22.9 Å². The van der Waals surface area contributed by atoms with Crippen LogP contribution in [0.2, 0.25) is 0 Å². The van der Waals surface area contributed by atoms with Crippen LogP contribution in [-0.2, 0) is 6.18 Å². The van der Waals surface area contributed by atoms with E-state index in [0.29, 0.717) is 29.8 Å². The highest BCUT2D eigenvalue weighted by Gasteiger charge is 2.35. The molecule has 0 N–H and O–H groups in total. The molecule has 114 valence electrons. The summed E-state index contributed by atoms with van der Waals surface area (Å²) in [5, 5.41) is 3.58. The molecule has 0 amide bonds. The molecule has 0 aromatic carbocycles. The van der Waals surface area contributed by atoms with Crippen molar-refractivity contribution in [2.45, 2.75) is 31.5 Å². The summed E-state index contributed by atoms with van der Waals surface area (Å²) in [6.45, 7) is 0.561. The van der Waals surface area contributed by atoms with Crippen LogP contribution in [-0.4, -0.2) is 33.1 Å². The molecule has 21 heavy (non-hydrogen) atoms. The van der Waals surface area contributed by atoms with Crippen LogP contribution in [0, 0.1) is 0 Å². The van der Waals surface area contributed by atoms with Crippen LogP contribution in [0.1, 0.15) is 25.0 Å². The molecule has 1 fully saturated rings. The molecule has 2 aromatic heterocycles. The van der Waals surface area contributed by atoms with Gasteiger partial charge in [0.2, 0.25) is 0 Å². The number of hydrogen-bond donors (Lipinski definition) is 0. The summed E-state index contributed by atoms with van der Waals surface area (Å²) in [4.78, 5) is 6.26. The summed E-state index contributed by atoms with van der Waals surface area (Å²) < 4.78 is 39.7. The lowest BCUT2D eigenvalue weighted by Gasteiger charge is -2.38. The number of alkyl halides is 4. The molecule has 2 heterocycles. The minimum Gasteiger partial charge on any atom is -0.351 e. The number of aromatic nitrogens is 3. The van der Waals surface area contributed by atoms with E-state index in [2.05, 4.69) is 10.1 Å². The Kier molecular flexibility index (Phi) is 3.69. The molecule has 8 heteroatoms. The Morgan fingerprint density at radius 3 is 2.71 bits per heavy atom. The van der Waals surface area contributed by atoms with Crippen LogP contribution in [0.25, 0.3) is 5.52 Å². The third kappa shape index (κ3) is 2.66. The second-order valence-electron chi connectivity index (χ2n) is 5.08. The number of halogens is 4. The van der Waals surface area contributed by atoms with E-state index in [1.807, 2.05) is 4.90 Å². The molecule has 0 unspecified atom stereocenters. The van der Waals surface area contributed by atoms with Gasteiger partial charge in [-0.3, -0.25) is 0 Å². The Morgan fingerprint density at radius 2 is 2.14 bits per heavy atom. The normalized spacial score (nSPS) is 16.2. The summed E-state index contributed by atoms with van der Waals surface area (Å²) >= 11 is 5.83. The first kappa shape index (κ1) is 14.4. The van der Waals surface area contributed by atoms with E-state index in [0.717, 1.165) is 25.3 Å². The zero-order valence-corrected chi connectivity index (χ0v) is 11.9. The van der Waals surface area contributed by atoms with Crippen molar-refractivity contribution in [2.75, 3.05) is 17.3 Å². The first-order valence-electron chi connectivity index (χ1n) is 6.75. The van der Waals surface area contributed by atoms with Gasteiger partial charge in [0.25, 0.3) is 0 Å². The fourth-order valence-corrected chi connectivity index (χ4v) is 2.70. The predicted octanol–water partition coefficient (Wildman–Crippen LogP) is 3.35. The largest absolute Gasteiger partial charge is 0.435 e. The Bertz CT molecular complexity index is 636. The van der Waals surface area contributed by atoms with Gasteiger partial charge >= 0.3 is 6.18 Å². The number of hydrogen-bond acceptors (Lipinski definition) is 3. The zero-order chi connectivity index (χ0) is 15.0. The van der Waals surface area contributed by atoms with Crippen LogP contribution < -0.4 is 4.90 Å². The van der Waals surface area contributed by atoms with Gasteiger partial charge in [0.05, 0.1) is 0 Å². The molecular formula is C13H14ClF3N4. The Balaban J connectivity index is 2.06. The summed E-state index contributed by atoms with van der Waals surface area (Å²) in [5.41, 5.74) is -0.543. The minimum absolute atomic E-state index is 0.298. The fourth-order valence-electron chi connectivity index (χ4n) is 2.52. The topological polar surface area (TPSA) is 33.4 Å². The molecule has 2 aromatic rings. The first-order chi connectivity index (χ1) is 10.0. The van der Waals surface area contributed by atoms with Gasteiger partial charge in [0, 0.05) is 36.9 Å². The van der Waals surface area contributed by atoms with E-state index in [4.69, 9.17) is 11.6 Å². The highest BCUT2D eigenvalue weighted by molar-refractivity contribution is 6.18. The summed E-state index contributed by atoms with van der Waals surface area (Å²) in [6.07, 6.45) is 1.58. The lowest BCUT2D eigenvalue weighted by atomic mass is 9.91. The summed E-state index contributed by atoms with van der Waals surface area (Å²) in [5.74, 6) is 0.922. The van der Waals surface area contributed by atoms with Gasteiger partial charge in [0.1, 0.15) is 5.52 Å². The zero-order valence-electron chi connectivity index (χ0n) is 11.1. The van der Waals surface area contributed by atoms with Crippen molar-refractivity contribution in [1.29, 1.82) is 0 Å². The summed E-state index contributed by atoms with van der Waals surface area (Å²) in [6, 6.07) is 1.34. The van der Waals surface area contributed by atoms with E-state index in [-0.39, 0.29) is 0 Å². The molecule has 3 rings (SSSR count). The molecule has 1 saturated carbocycles. The van der Waals surface area contributed by atoms with E-state index in [9.17, 15) is 13.2 Å². The number of nitrogens with zero attached hydrogens (tertiary/aromatic N) is 4. The third-order valence-corrected chi connectivity index (χ3v) is 3.94. The number of fused-ring (bicyclic) bond motifs is 1. The molecule has 1 aliphatic carbocycles. The molecular weight excluding hydrogens is 305 g/mol. The molecule has 0 radical (unpaired) electrons. The standard InChI is InChI=1S/C13H14ClF3N4/c14-4-6-20(9-2-1-3-9)12-10-8-11(13(15,16)17)19-21(10)7-5-18-12/h5,7-9H,1-4,6H2. The molecule has 4 nitrogen and oxygen atoms in total.